The van der Waals surface area contributed by atoms with Crippen LogP contribution in [0.25, 0.3) is 0 Å². The molecule has 1 heterocycles. The molecule has 0 bridgehead atoms. The van der Waals surface area contributed by atoms with Gasteiger partial charge < -0.3 is 14.6 Å². The van der Waals surface area contributed by atoms with Crippen LogP contribution >= 0.6 is 11.6 Å². The first kappa shape index (κ1) is 20.2. The molecule has 4 nitrogen and oxygen atoms in total. The number of aliphatic hydroxyl groups excluding tert-OH is 1. The molecule has 2 aromatic rings. The molecule has 1 aliphatic heterocycles. The van der Waals surface area contributed by atoms with Gasteiger partial charge in [-0.1, -0.05) is 53.6 Å². The Balaban J connectivity index is 1.57. The molecule has 0 aromatic heterocycles. The summed E-state index contributed by atoms with van der Waals surface area (Å²) < 4.78 is 11.5. The van der Waals surface area contributed by atoms with E-state index >= 15 is 0 Å². The molecule has 0 saturated carbocycles. The predicted molar refractivity (Wildman–Crippen MR) is 108 cm³/mol. The molecule has 2 unspecified atom stereocenters. The van der Waals surface area contributed by atoms with E-state index in [-0.39, 0.29) is 12.7 Å². The Morgan fingerprint density at radius 3 is 2.70 bits per heavy atom. The Labute approximate surface area is 166 Å². The van der Waals surface area contributed by atoms with Crippen molar-refractivity contribution in [3.8, 4) is 5.75 Å². The summed E-state index contributed by atoms with van der Waals surface area (Å²) in [4.78, 5) is 2.25. The predicted octanol–water partition coefficient (Wildman–Crippen LogP) is 4.07. The topological polar surface area (TPSA) is 41.9 Å². The second-order valence-electron chi connectivity index (χ2n) is 7.21. The van der Waals surface area contributed by atoms with Crippen LogP contribution in [0.15, 0.2) is 48.5 Å². The molecule has 3 rings (SSSR count). The van der Waals surface area contributed by atoms with Gasteiger partial charge in [0.15, 0.2) is 0 Å². The number of ether oxygens (including phenoxy) is 2. The Morgan fingerprint density at radius 2 is 2.00 bits per heavy atom. The number of rotatable bonds is 9. The van der Waals surface area contributed by atoms with Gasteiger partial charge in [0, 0.05) is 26.2 Å². The van der Waals surface area contributed by atoms with Crippen LogP contribution in [0.3, 0.4) is 0 Å². The molecular weight excluding hydrogens is 362 g/mol. The fraction of sp³-hybridized carbons (Fsp3) is 0.455. The molecule has 0 radical (unpaired) electrons. The second-order valence-corrected chi connectivity index (χ2v) is 7.62. The van der Waals surface area contributed by atoms with Crippen molar-refractivity contribution >= 4 is 11.6 Å². The summed E-state index contributed by atoms with van der Waals surface area (Å²) in [6.07, 6.45) is 1.83. The maximum Gasteiger partial charge on any atom is 0.138 e. The van der Waals surface area contributed by atoms with Crippen molar-refractivity contribution in [3.05, 3.63) is 64.7 Å². The third-order valence-corrected chi connectivity index (χ3v) is 5.06. The third-order valence-electron chi connectivity index (χ3n) is 4.75. The van der Waals surface area contributed by atoms with Gasteiger partial charge in [0.25, 0.3) is 0 Å². The molecule has 1 fully saturated rings. The first-order valence-corrected chi connectivity index (χ1v) is 9.93. The summed E-state index contributed by atoms with van der Waals surface area (Å²) in [6, 6.07) is 15.9. The Morgan fingerprint density at radius 1 is 1.22 bits per heavy atom. The SMILES string of the molecule is Cc1ccc(CN(CC(O)COc2ccccc2Cl)CC2CCCO2)cc1. The number of aryl methyl sites for hydroxylation is 1. The minimum Gasteiger partial charge on any atom is -0.489 e. The summed E-state index contributed by atoms with van der Waals surface area (Å²) in [7, 11) is 0. The van der Waals surface area contributed by atoms with Gasteiger partial charge in [0.1, 0.15) is 18.5 Å². The number of hydrogen-bond acceptors (Lipinski definition) is 4. The molecule has 0 spiro atoms. The molecule has 1 saturated heterocycles. The number of benzene rings is 2. The monoisotopic (exact) mass is 389 g/mol. The number of hydrogen-bond donors (Lipinski definition) is 1. The Bertz CT molecular complexity index is 701. The lowest BCUT2D eigenvalue weighted by Crippen LogP contribution is -2.39. The van der Waals surface area contributed by atoms with E-state index in [4.69, 9.17) is 21.1 Å². The second kappa shape index (κ2) is 10.1. The van der Waals surface area contributed by atoms with Crippen molar-refractivity contribution < 1.29 is 14.6 Å². The molecule has 2 atom stereocenters. The van der Waals surface area contributed by atoms with Crippen LogP contribution in [0, 0.1) is 6.92 Å². The standard InChI is InChI=1S/C22H28ClNO3/c1-17-8-10-18(11-9-17)13-24(15-20-5-4-12-26-20)14-19(25)16-27-22-7-3-2-6-21(22)23/h2-3,6-11,19-20,25H,4-5,12-16H2,1H3. The first-order valence-electron chi connectivity index (χ1n) is 9.55. The van der Waals surface area contributed by atoms with Crippen molar-refractivity contribution in [1.29, 1.82) is 0 Å². The van der Waals surface area contributed by atoms with E-state index in [0.717, 1.165) is 32.5 Å². The average Bonchev–Trinajstić information content (AvgIpc) is 3.16. The summed E-state index contributed by atoms with van der Waals surface area (Å²) in [5.74, 6) is 0.599. The van der Waals surface area contributed by atoms with Crippen molar-refractivity contribution in [2.24, 2.45) is 0 Å². The molecule has 27 heavy (non-hydrogen) atoms. The molecule has 5 heteroatoms. The average molecular weight is 390 g/mol. The van der Waals surface area contributed by atoms with Crippen LogP contribution in [0.2, 0.25) is 5.02 Å². The lowest BCUT2D eigenvalue weighted by atomic mass is 10.1. The van der Waals surface area contributed by atoms with Crippen molar-refractivity contribution in [3.63, 3.8) is 0 Å². The fourth-order valence-electron chi connectivity index (χ4n) is 3.33. The van der Waals surface area contributed by atoms with Gasteiger partial charge in [-0.3, -0.25) is 4.90 Å². The van der Waals surface area contributed by atoms with E-state index < -0.39 is 6.10 Å². The Hall–Kier alpha value is -1.59. The molecule has 146 valence electrons. The molecule has 1 N–H and O–H groups in total. The van der Waals surface area contributed by atoms with Gasteiger partial charge in [0.05, 0.1) is 11.1 Å². The van der Waals surface area contributed by atoms with Crippen LogP contribution in [0.1, 0.15) is 24.0 Å². The maximum absolute atomic E-state index is 10.5. The summed E-state index contributed by atoms with van der Waals surface area (Å²) in [5, 5.41) is 11.1. The van der Waals surface area contributed by atoms with E-state index in [0.29, 0.717) is 17.3 Å². The van der Waals surface area contributed by atoms with Gasteiger partial charge in [0.2, 0.25) is 0 Å². The quantitative estimate of drug-likeness (QED) is 0.702. The zero-order valence-electron chi connectivity index (χ0n) is 15.8. The zero-order chi connectivity index (χ0) is 19.1. The van der Waals surface area contributed by atoms with Crippen molar-refractivity contribution in [1.82, 2.24) is 4.90 Å². The molecule has 1 aliphatic rings. The summed E-state index contributed by atoms with van der Waals surface area (Å²) in [6.45, 7) is 5.25. The Kier molecular flexibility index (Phi) is 7.53. The number of nitrogens with zero attached hydrogens (tertiary/aromatic N) is 1. The summed E-state index contributed by atoms with van der Waals surface area (Å²) in [5.41, 5.74) is 2.48. The highest BCUT2D eigenvalue weighted by molar-refractivity contribution is 6.32. The highest BCUT2D eigenvalue weighted by Gasteiger charge is 2.21. The number of aliphatic hydroxyl groups is 1. The summed E-state index contributed by atoms with van der Waals surface area (Å²) >= 11 is 6.11. The fourth-order valence-corrected chi connectivity index (χ4v) is 3.52. The zero-order valence-corrected chi connectivity index (χ0v) is 16.6. The van der Waals surface area contributed by atoms with Crippen LogP contribution < -0.4 is 4.74 Å². The maximum atomic E-state index is 10.5. The minimum absolute atomic E-state index is 0.208. The largest absolute Gasteiger partial charge is 0.489 e. The normalized spacial score (nSPS) is 18.0. The van der Waals surface area contributed by atoms with Gasteiger partial charge in [-0.15, -0.1) is 0 Å². The smallest absolute Gasteiger partial charge is 0.138 e. The van der Waals surface area contributed by atoms with E-state index in [9.17, 15) is 5.11 Å². The van der Waals surface area contributed by atoms with Gasteiger partial charge in [-0.2, -0.15) is 0 Å². The van der Waals surface area contributed by atoms with Crippen LogP contribution in [-0.4, -0.2) is 48.5 Å². The highest BCUT2D eigenvalue weighted by atomic mass is 35.5. The number of para-hydroxylation sites is 1. The first-order chi connectivity index (χ1) is 13.1. The third kappa shape index (κ3) is 6.51. The van der Waals surface area contributed by atoms with Crippen LogP contribution in [-0.2, 0) is 11.3 Å². The lowest BCUT2D eigenvalue weighted by Gasteiger charge is -2.27. The molecule has 0 amide bonds. The van der Waals surface area contributed by atoms with E-state index in [1.165, 1.54) is 11.1 Å². The van der Waals surface area contributed by atoms with Gasteiger partial charge >= 0.3 is 0 Å². The minimum atomic E-state index is -0.604. The van der Waals surface area contributed by atoms with Gasteiger partial charge in [-0.25, -0.2) is 0 Å². The van der Waals surface area contributed by atoms with Gasteiger partial charge in [-0.05, 0) is 37.5 Å². The highest BCUT2D eigenvalue weighted by Crippen LogP contribution is 2.23. The molecule has 0 aliphatic carbocycles. The van der Waals surface area contributed by atoms with E-state index in [2.05, 4.69) is 36.1 Å². The molecule has 2 aromatic carbocycles. The van der Waals surface area contributed by atoms with Crippen LogP contribution in [0.5, 0.6) is 5.75 Å². The lowest BCUT2D eigenvalue weighted by molar-refractivity contribution is 0.0314. The number of halogens is 1. The van der Waals surface area contributed by atoms with E-state index in [1.54, 1.807) is 6.07 Å². The van der Waals surface area contributed by atoms with Crippen molar-refractivity contribution in [2.45, 2.75) is 38.5 Å². The van der Waals surface area contributed by atoms with Crippen LogP contribution in [0.4, 0.5) is 0 Å². The molecular formula is C22H28ClNO3. The van der Waals surface area contributed by atoms with E-state index in [1.807, 2.05) is 18.2 Å². The van der Waals surface area contributed by atoms with Crippen molar-refractivity contribution in [2.75, 3.05) is 26.3 Å².